The third-order valence-corrected chi connectivity index (χ3v) is 5.99. The molecule has 0 aliphatic carbocycles. The molecule has 0 saturated heterocycles. The molecule has 0 unspecified atom stereocenters. The summed E-state index contributed by atoms with van der Waals surface area (Å²) < 4.78 is 0. The fourth-order valence-corrected chi connectivity index (χ4v) is 3.82. The molecule has 2 aromatic carbocycles. The van der Waals surface area contributed by atoms with Gasteiger partial charge in [0.05, 0.1) is 0 Å². The van der Waals surface area contributed by atoms with Gasteiger partial charge in [-0.3, -0.25) is 9.59 Å². The fraction of sp³-hybridized carbons (Fsp3) is 0.417. The van der Waals surface area contributed by atoms with Gasteiger partial charge in [0.1, 0.15) is 6.04 Å². The minimum atomic E-state index is -0.545. The van der Waals surface area contributed by atoms with Crippen LogP contribution < -0.4 is 5.32 Å². The highest BCUT2D eigenvalue weighted by Gasteiger charge is 2.25. The van der Waals surface area contributed by atoms with Gasteiger partial charge >= 0.3 is 0 Å². The molecule has 1 N–H and O–H groups in total. The molecule has 0 radical (unpaired) electrons. The molecular formula is C24H31ClN2O2S. The minimum absolute atomic E-state index is 0.0308. The number of halogens is 1. The molecule has 4 nitrogen and oxygen atoms in total. The lowest BCUT2D eigenvalue weighted by molar-refractivity contribution is -0.140. The Labute approximate surface area is 189 Å². The standard InChI is InChI=1S/C24H31ClN2O2S/c1-17(2)15-26-24(29)19(4)27(16-20-7-9-21(25)10-8-20)23(28)13-14-30-22-11-5-18(3)6-12-22/h5-12,17,19H,13-16H2,1-4H3,(H,26,29)/t19-/m1/s1. The molecule has 2 amide bonds. The fourth-order valence-electron chi connectivity index (χ4n) is 2.86. The Morgan fingerprint density at radius 1 is 1.03 bits per heavy atom. The van der Waals surface area contributed by atoms with Crippen molar-refractivity contribution in [1.29, 1.82) is 0 Å². The van der Waals surface area contributed by atoms with Gasteiger partial charge in [0.2, 0.25) is 11.8 Å². The summed E-state index contributed by atoms with van der Waals surface area (Å²) in [6, 6.07) is 15.1. The number of hydrogen-bond acceptors (Lipinski definition) is 3. The molecule has 0 aliphatic rings. The summed E-state index contributed by atoms with van der Waals surface area (Å²) >= 11 is 7.64. The van der Waals surface area contributed by atoms with Crippen molar-refractivity contribution in [2.24, 2.45) is 5.92 Å². The van der Waals surface area contributed by atoms with Crippen LogP contribution >= 0.6 is 23.4 Å². The van der Waals surface area contributed by atoms with Gasteiger partial charge in [-0.15, -0.1) is 11.8 Å². The number of amides is 2. The highest BCUT2D eigenvalue weighted by Crippen LogP contribution is 2.21. The molecule has 0 fully saturated rings. The van der Waals surface area contributed by atoms with E-state index in [4.69, 9.17) is 11.6 Å². The van der Waals surface area contributed by atoms with Gasteiger partial charge in [-0.1, -0.05) is 55.3 Å². The number of benzene rings is 2. The average Bonchev–Trinajstić information content (AvgIpc) is 2.72. The second-order valence-corrected chi connectivity index (χ2v) is 9.48. The maximum Gasteiger partial charge on any atom is 0.242 e. The maximum absolute atomic E-state index is 13.0. The number of nitrogens with zero attached hydrogens (tertiary/aromatic N) is 1. The van der Waals surface area contributed by atoms with Crippen molar-refractivity contribution in [2.75, 3.05) is 12.3 Å². The molecule has 2 aromatic rings. The Morgan fingerprint density at radius 3 is 2.27 bits per heavy atom. The number of carbonyl (C=O) groups excluding carboxylic acids is 2. The van der Waals surface area contributed by atoms with Gasteiger partial charge in [-0.2, -0.15) is 0 Å². The van der Waals surface area contributed by atoms with Crippen molar-refractivity contribution < 1.29 is 9.59 Å². The number of carbonyl (C=O) groups is 2. The van der Waals surface area contributed by atoms with Crippen LogP contribution in [0.2, 0.25) is 5.02 Å². The van der Waals surface area contributed by atoms with Crippen LogP contribution in [0.3, 0.4) is 0 Å². The summed E-state index contributed by atoms with van der Waals surface area (Å²) in [5.74, 6) is 0.862. The number of thioether (sulfide) groups is 1. The summed E-state index contributed by atoms with van der Waals surface area (Å²) in [6.07, 6.45) is 0.369. The van der Waals surface area contributed by atoms with E-state index in [1.807, 2.05) is 26.0 Å². The molecule has 0 bridgehead atoms. The van der Waals surface area contributed by atoms with Gasteiger partial charge in [0.15, 0.2) is 0 Å². The molecule has 0 saturated carbocycles. The maximum atomic E-state index is 13.0. The highest BCUT2D eigenvalue weighted by molar-refractivity contribution is 7.99. The Balaban J connectivity index is 2.04. The first kappa shape index (κ1) is 24.3. The molecular weight excluding hydrogens is 416 g/mol. The van der Waals surface area contributed by atoms with Crippen molar-refractivity contribution in [2.45, 2.75) is 51.6 Å². The van der Waals surface area contributed by atoms with Crippen LogP contribution in [0.1, 0.15) is 38.3 Å². The van der Waals surface area contributed by atoms with E-state index in [1.165, 1.54) is 5.56 Å². The normalized spacial score (nSPS) is 11.9. The van der Waals surface area contributed by atoms with Crippen LogP contribution in [-0.2, 0) is 16.1 Å². The molecule has 0 aliphatic heterocycles. The van der Waals surface area contributed by atoms with Crippen molar-refractivity contribution in [1.82, 2.24) is 10.2 Å². The minimum Gasteiger partial charge on any atom is -0.354 e. The van der Waals surface area contributed by atoms with E-state index in [1.54, 1.807) is 35.7 Å². The second kappa shape index (κ2) is 12.0. The summed E-state index contributed by atoms with van der Waals surface area (Å²) in [7, 11) is 0. The first-order chi connectivity index (χ1) is 14.3. The Bertz CT molecular complexity index is 822. The zero-order valence-electron chi connectivity index (χ0n) is 18.2. The molecule has 0 spiro atoms. The molecule has 0 heterocycles. The summed E-state index contributed by atoms with van der Waals surface area (Å²) in [5.41, 5.74) is 2.16. The van der Waals surface area contributed by atoms with E-state index in [0.29, 0.717) is 36.2 Å². The molecule has 162 valence electrons. The number of rotatable bonds is 10. The predicted octanol–water partition coefficient (Wildman–Crippen LogP) is 5.32. The SMILES string of the molecule is Cc1ccc(SCCC(=O)N(Cc2ccc(Cl)cc2)[C@H](C)C(=O)NCC(C)C)cc1. The monoisotopic (exact) mass is 446 g/mol. The topological polar surface area (TPSA) is 49.4 Å². The molecule has 1 atom stereocenters. The third kappa shape index (κ3) is 8.04. The van der Waals surface area contributed by atoms with Crippen molar-refractivity contribution in [3.8, 4) is 0 Å². The first-order valence-electron chi connectivity index (χ1n) is 10.3. The number of hydrogen-bond donors (Lipinski definition) is 1. The van der Waals surface area contributed by atoms with E-state index in [0.717, 1.165) is 10.5 Å². The molecule has 0 aromatic heterocycles. The van der Waals surface area contributed by atoms with Crippen molar-refractivity contribution >= 4 is 35.2 Å². The van der Waals surface area contributed by atoms with Gasteiger partial charge in [-0.05, 0) is 49.6 Å². The summed E-state index contributed by atoms with van der Waals surface area (Å²) in [4.78, 5) is 28.5. The zero-order chi connectivity index (χ0) is 22.1. The van der Waals surface area contributed by atoms with Gasteiger partial charge in [0, 0.05) is 35.2 Å². The van der Waals surface area contributed by atoms with E-state index < -0.39 is 6.04 Å². The Hall–Kier alpha value is -1.98. The number of nitrogens with one attached hydrogen (secondary N) is 1. The van der Waals surface area contributed by atoms with Crippen LogP contribution in [0.4, 0.5) is 0 Å². The van der Waals surface area contributed by atoms with Gasteiger partial charge < -0.3 is 10.2 Å². The Morgan fingerprint density at radius 2 is 1.67 bits per heavy atom. The lowest BCUT2D eigenvalue weighted by Gasteiger charge is -2.29. The summed E-state index contributed by atoms with van der Waals surface area (Å²) in [6.45, 7) is 8.90. The smallest absolute Gasteiger partial charge is 0.242 e. The molecule has 6 heteroatoms. The van der Waals surface area contributed by atoms with Crippen LogP contribution in [0, 0.1) is 12.8 Å². The van der Waals surface area contributed by atoms with Crippen LogP contribution in [0.25, 0.3) is 0 Å². The Kier molecular flexibility index (Phi) is 9.73. The third-order valence-electron chi connectivity index (χ3n) is 4.72. The van der Waals surface area contributed by atoms with Crippen LogP contribution in [-0.4, -0.2) is 35.1 Å². The number of aryl methyl sites for hydroxylation is 1. The van der Waals surface area contributed by atoms with Crippen LogP contribution in [0.15, 0.2) is 53.4 Å². The van der Waals surface area contributed by atoms with Crippen molar-refractivity contribution in [3.05, 3.63) is 64.7 Å². The first-order valence-corrected chi connectivity index (χ1v) is 11.6. The largest absolute Gasteiger partial charge is 0.354 e. The van der Waals surface area contributed by atoms with Gasteiger partial charge in [-0.25, -0.2) is 0 Å². The zero-order valence-corrected chi connectivity index (χ0v) is 19.7. The highest BCUT2D eigenvalue weighted by atomic mass is 35.5. The quantitative estimate of drug-likeness (QED) is 0.502. The van der Waals surface area contributed by atoms with Crippen LogP contribution in [0.5, 0.6) is 0 Å². The lowest BCUT2D eigenvalue weighted by atomic mass is 10.1. The predicted molar refractivity (Wildman–Crippen MR) is 126 cm³/mol. The molecule has 30 heavy (non-hydrogen) atoms. The van der Waals surface area contributed by atoms with E-state index >= 15 is 0 Å². The lowest BCUT2D eigenvalue weighted by Crippen LogP contribution is -2.48. The van der Waals surface area contributed by atoms with E-state index in [-0.39, 0.29) is 11.8 Å². The van der Waals surface area contributed by atoms with Gasteiger partial charge in [0.25, 0.3) is 0 Å². The van der Waals surface area contributed by atoms with E-state index in [9.17, 15) is 9.59 Å². The van der Waals surface area contributed by atoms with Crippen molar-refractivity contribution in [3.63, 3.8) is 0 Å². The van der Waals surface area contributed by atoms with E-state index in [2.05, 4.69) is 36.5 Å². The molecule has 2 rings (SSSR count). The summed E-state index contributed by atoms with van der Waals surface area (Å²) in [5, 5.41) is 3.59. The average molecular weight is 447 g/mol. The second-order valence-electron chi connectivity index (χ2n) is 7.87.